The van der Waals surface area contributed by atoms with E-state index in [-0.39, 0.29) is 18.8 Å². The van der Waals surface area contributed by atoms with Gasteiger partial charge in [-0.15, -0.1) is 0 Å². The van der Waals surface area contributed by atoms with Crippen molar-refractivity contribution in [3.8, 4) is 0 Å². The van der Waals surface area contributed by atoms with Gasteiger partial charge in [0.15, 0.2) is 0 Å². The first-order valence-electron chi connectivity index (χ1n) is 8.62. The summed E-state index contributed by atoms with van der Waals surface area (Å²) >= 11 is 0. The molecule has 0 aliphatic heterocycles. The molecule has 0 aliphatic carbocycles. The molecule has 0 spiro atoms. The van der Waals surface area contributed by atoms with Crippen LogP contribution < -0.4 is 0 Å². The van der Waals surface area contributed by atoms with Crippen LogP contribution >= 0.6 is 7.82 Å². The van der Waals surface area contributed by atoms with Crippen LogP contribution in [-0.4, -0.2) is 25.2 Å². The van der Waals surface area contributed by atoms with E-state index in [1.807, 2.05) is 0 Å². The molecule has 0 aromatic heterocycles. The van der Waals surface area contributed by atoms with E-state index < -0.39 is 36.8 Å². The van der Waals surface area contributed by atoms with Gasteiger partial charge < -0.3 is 0 Å². The van der Waals surface area contributed by atoms with Gasteiger partial charge in [-0.25, -0.2) is 8.96 Å². The number of alkyl halides is 3. The van der Waals surface area contributed by atoms with Crippen molar-refractivity contribution >= 4 is 13.6 Å². The smallest absolute Gasteiger partial charge is 0.290 e. The van der Waals surface area contributed by atoms with Crippen LogP contribution in [0.25, 0.3) is 0 Å². The maximum atomic E-state index is 14.4. The second-order valence-corrected chi connectivity index (χ2v) is 7.35. The van der Waals surface area contributed by atoms with Gasteiger partial charge in [-0.1, -0.05) is 42.5 Å². The Morgan fingerprint density at radius 2 is 1.55 bits per heavy atom. The molecule has 0 saturated heterocycles. The van der Waals surface area contributed by atoms with E-state index in [0.29, 0.717) is 6.07 Å². The number of phosphoric acid groups is 1. The lowest BCUT2D eigenvalue weighted by atomic mass is 9.85. The van der Waals surface area contributed by atoms with Crippen LogP contribution in [0, 0.1) is 5.82 Å². The van der Waals surface area contributed by atoms with Crippen LogP contribution in [0.5, 0.6) is 0 Å². The zero-order valence-electron chi connectivity index (χ0n) is 15.6. The summed E-state index contributed by atoms with van der Waals surface area (Å²) in [4.78, 5) is 13.1. The van der Waals surface area contributed by atoms with Crippen LogP contribution in [0.1, 0.15) is 29.8 Å². The van der Waals surface area contributed by atoms with Crippen LogP contribution in [0.2, 0.25) is 0 Å². The molecule has 0 amide bonds. The summed E-state index contributed by atoms with van der Waals surface area (Å²) in [5.74, 6) is -2.63. The summed E-state index contributed by atoms with van der Waals surface area (Å²) in [6, 6.07) is 9.72. The predicted octanol–water partition coefficient (Wildman–Crippen LogP) is 5.66. The van der Waals surface area contributed by atoms with Crippen molar-refractivity contribution in [2.45, 2.75) is 25.6 Å². The Morgan fingerprint density at radius 1 is 0.966 bits per heavy atom. The van der Waals surface area contributed by atoms with Gasteiger partial charge in [0.1, 0.15) is 5.82 Å². The highest BCUT2D eigenvalue weighted by atomic mass is 31.2. The fourth-order valence-electron chi connectivity index (χ4n) is 2.64. The molecule has 29 heavy (non-hydrogen) atoms. The molecule has 5 nitrogen and oxygen atoms in total. The molecule has 1 atom stereocenters. The monoisotopic (exact) mass is 434 g/mol. The quantitative estimate of drug-likeness (QED) is 0.289. The number of rotatable bonds is 9. The molecule has 0 heterocycles. The number of carbonyl (C=O) groups is 1. The molecule has 0 fully saturated rings. The Bertz CT molecular complexity index is 878. The highest BCUT2D eigenvalue weighted by Crippen LogP contribution is 2.59. The standard InChI is InChI=1S/C19H19F4O5P/c1-3-26-29(25,27-4-2)28-18(19(21,22)23,15-11-8-12-16(20)13-15)17(24)14-9-6-5-7-10-14/h5-13H,3-4H2,1-2H3. The zero-order chi connectivity index (χ0) is 21.7. The van der Waals surface area contributed by atoms with Crippen LogP contribution in [0.15, 0.2) is 54.6 Å². The minimum absolute atomic E-state index is 0.312. The average molecular weight is 434 g/mol. The van der Waals surface area contributed by atoms with Crippen LogP contribution in [0.4, 0.5) is 17.6 Å². The second-order valence-electron chi connectivity index (χ2n) is 5.76. The van der Waals surface area contributed by atoms with E-state index in [1.165, 1.54) is 32.0 Å². The third-order valence-corrected chi connectivity index (χ3v) is 5.46. The van der Waals surface area contributed by atoms with Gasteiger partial charge in [-0.05, 0) is 26.0 Å². The summed E-state index contributed by atoms with van der Waals surface area (Å²) < 4.78 is 84.5. The minimum atomic E-state index is -5.43. The van der Waals surface area contributed by atoms with Crippen molar-refractivity contribution < 1.29 is 40.5 Å². The molecule has 10 heteroatoms. The maximum Gasteiger partial charge on any atom is 0.476 e. The van der Waals surface area contributed by atoms with Crippen LogP contribution in [-0.2, 0) is 23.7 Å². The number of hydrogen-bond acceptors (Lipinski definition) is 5. The lowest BCUT2D eigenvalue weighted by Crippen LogP contribution is -2.51. The number of phosphoric ester groups is 1. The van der Waals surface area contributed by atoms with Crippen molar-refractivity contribution in [3.63, 3.8) is 0 Å². The first-order valence-corrected chi connectivity index (χ1v) is 10.1. The lowest BCUT2D eigenvalue weighted by molar-refractivity contribution is -0.237. The van der Waals surface area contributed by atoms with E-state index in [9.17, 15) is 26.9 Å². The van der Waals surface area contributed by atoms with Crippen LogP contribution in [0.3, 0.4) is 0 Å². The number of Topliss-reactive ketones (excluding diaryl/α,β-unsaturated/α-hetero) is 1. The third kappa shape index (κ3) is 4.93. The summed E-state index contributed by atoms with van der Waals surface area (Å²) in [7, 11) is -4.86. The van der Waals surface area contributed by atoms with Gasteiger partial charge >= 0.3 is 14.0 Å². The van der Waals surface area contributed by atoms with Crippen molar-refractivity contribution in [3.05, 3.63) is 71.5 Å². The predicted molar refractivity (Wildman–Crippen MR) is 96.8 cm³/mol. The van der Waals surface area contributed by atoms with Gasteiger partial charge in [0.25, 0.3) is 5.60 Å². The summed E-state index contributed by atoms with van der Waals surface area (Å²) in [5, 5.41) is 0. The minimum Gasteiger partial charge on any atom is -0.290 e. The molecule has 1 unspecified atom stereocenters. The molecular formula is C19H19F4O5P. The van der Waals surface area contributed by atoms with E-state index in [2.05, 4.69) is 0 Å². The molecule has 2 rings (SSSR count). The summed E-state index contributed by atoms with van der Waals surface area (Å²) in [6.07, 6.45) is -5.43. The topological polar surface area (TPSA) is 61.8 Å². The molecule has 158 valence electrons. The van der Waals surface area contributed by atoms with Crippen molar-refractivity contribution in [2.24, 2.45) is 0 Å². The molecule has 2 aromatic carbocycles. The molecule has 0 bridgehead atoms. The fourth-order valence-corrected chi connectivity index (χ4v) is 4.08. The zero-order valence-corrected chi connectivity index (χ0v) is 16.5. The van der Waals surface area contributed by atoms with Gasteiger partial charge in [-0.2, -0.15) is 13.2 Å². The molecule has 0 saturated carbocycles. The summed E-state index contributed by atoms with van der Waals surface area (Å²) in [6.45, 7) is 2.11. The normalized spacial score (nSPS) is 14.4. The van der Waals surface area contributed by atoms with E-state index in [0.717, 1.165) is 30.3 Å². The lowest BCUT2D eigenvalue weighted by Gasteiger charge is -2.36. The average Bonchev–Trinajstić information content (AvgIpc) is 2.66. The molecule has 0 aliphatic rings. The first kappa shape index (κ1) is 23.2. The second kappa shape index (κ2) is 9.17. The Labute approximate surface area is 165 Å². The Balaban J connectivity index is 2.80. The largest absolute Gasteiger partial charge is 0.476 e. The SMILES string of the molecule is CCOP(=O)(OCC)OC(C(=O)c1ccccc1)(c1cccc(F)c1)C(F)(F)F. The first-order chi connectivity index (χ1) is 13.6. The highest BCUT2D eigenvalue weighted by Gasteiger charge is 2.66. The molecule has 0 N–H and O–H groups in total. The van der Waals surface area contributed by atoms with E-state index >= 15 is 0 Å². The van der Waals surface area contributed by atoms with Gasteiger partial charge in [-0.3, -0.25) is 18.4 Å². The maximum absolute atomic E-state index is 14.4. The summed E-state index contributed by atoms with van der Waals surface area (Å²) in [5.41, 5.74) is -5.09. The number of benzene rings is 2. The number of carbonyl (C=O) groups excluding carboxylic acids is 1. The van der Waals surface area contributed by atoms with E-state index in [1.54, 1.807) is 0 Å². The Kier molecular flexibility index (Phi) is 7.35. The van der Waals surface area contributed by atoms with Crippen molar-refractivity contribution in [2.75, 3.05) is 13.2 Å². The van der Waals surface area contributed by atoms with Gasteiger partial charge in [0, 0.05) is 11.1 Å². The third-order valence-electron chi connectivity index (χ3n) is 3.81. The van der Waals surface area contributed by atoms with Gasteiger partial charge in [0.2, 0.25) is 5.78 Å². The van der Waals surface area contributed by atoms with Crippen molar-refractivity contribution in [1.29, 1.82) is 0 Å². The van der Waals surface area contributed by atoms with Crippen molar-refractivity contribution in [1.82, 2.24) is 0 Å². The fraction of sp³-hybridized carbons (Fsp3) is 0.316. The Morgan fingerprint density at radius 3 is 2.03 bits per heavy atom. The molecule has 0 radical (unpaired) electrons. The van der Waals surface area contributed by atoms with Gasteiger partial charge in [0.05, 0.1) is 13.2 Å². The molecular weight excluding hydrogens is 415 g/mol. The number of halogens is 4. The number of ketones is 1. The molecule has 2 aromatic rings. The number of hydrogen-bond donors (Lipinski definition) is 0. The van der Waals surface area contributed by atoms with E-state index in [4.69, 9.17) is 13.6 Å². The Hall–Kier alpha value is -2.06. The highest BCUT2D eigenvalue weighted by molar-refractivity contribution is 7.48.